The maximum absolute atomic E-state index is 12.1. The van der Waals surface area contributed by atoms with Gasteiger partial charge in [-0.1, -0.05) is 29.3 Å². The van der Waals surface area contributed by atoms with Gasteiger partial charge in [0.05, 0.1) is 23.3 Å². The van der Waals surface area contributed by atoms with Crippen molar-refractivity contribution < 1.29 is 18.4 Å². The van der Waals surface area contributed by atoms with Gasteiger partial charge < -0.3 is 5.32 Å². The van der Waals surface area contributed by atoms with Crippen LogP contribution in [0.25, 0.3) is 0 Å². The SMILES string of the molecule is CCOP(=O)(NC(=O)NCc1ccc(Cl)c(Cl)c1)OCC. The summed E-state index contributed by atoms with van der Waals surface area (Å²) in [5, 5.41) is 5.55. The molecule has 118 valence electrons. The van der Waals surface area contributed by atoms with Crippen molar-refractivity contribution in [2.45, 2.75) is 20.4 Å². The predicted molar refractivity (Wildman–Crippen MR) is 82.7 cm³/mol. The fourth-order valence-corrected chi connectivity index (χ4v) is 2.97. The lowest BCUT2D eigenvalue weighted by molar-refractivity contribution is 0.205. The molecule has 1 aromatic rings. The van der Waals surface area contributed by atoms with Crippen molar-refractivity contribution in [3.8, 4) is 0 Å². The molecule has 0 spiro atoms. The molecule has 2 amide bonds. The molecule has 0 aliphatic carbocycles. The average molecular weight is 355 g/mol. The first-order valence-corrected chi connectivity index (χ1v) is 8.59. The van der Waals surface area contributed by atoms with E-state index in [1.165, 1.54) is 0 Å². The van der Waals surface area contributed by atoms with E-state index in [9.17, 15) is 9.36 Å². The molecule has 0 aliphatic rings. The summed E-state index contributed by atoms with van der Waals surface area (Å²) in [7, 11) is -3.62. The van der Waals surface area contributed by atoms with Crippen molar-refractivity contribution in [2.75, 3.05) is 13.2 Å². The minimum Gasteiger partial charge on any atom is -0.334 e. The van der Waals surface area contributed by atoms with Crippen LogP contribution in [0.15, 0.2) is 18.2 Å². The lowest BCUT2D eigenvalue weighted by atomic mass is 10.2. The molecule has 0 unspecified atom stereocenters. The molecule has 0 aromatic heterocycles. The van der Waals surface area contributed by atoms with Crippen LogP contribution in [0.2, 0.25) is 10.0 Å². The second-order valence-corrected chi connectivity index (χ2v) is 6.43. The van der Waals surface area contributed by atoms with E-state index >= 15 is 0 Å². The van der Waals surface area contributed by atoms with E-state index in [1.807, 2.05) is 0 Å². The molecule has 1 rings (SSSR count). The number of hydrogen-bond donors (Lipinski definition) is 2. The molecule has 0 bridgehead atoms. The quantitative estimate of drug-likeness (QED) is 0.726. The number of hydrogen-bond acceptors (Lipinski definition) is 4. The maximum Gasteiger partial charge on any atom is 0.436 e. The van der Waals surface area contributed by atoms with Gasteiger partial charge in [0, 0.05) is 6.54 Å². The Morgan fingerprint density at radius 1 is 1.19 bits per heavy atom. The Balaban J connectivity index is 2.56. The van der Waals surface area contributed by atoms with Crippen LogP contribution in [0.1, 0.15) is 19.4 Å². The Labute approximate surface area is 133 Å². The van der Waals surface area contributed by atoms with Crippen LogP contribution in [0, 0.1) is 0 Å². The van der Waals surface area contributed by atoms with E-state index in [0.717, 1.165) is 5.56 Å². The predicted octanol–water partition coefficient (Wildman–Crippen LogP) is 3.97. The van der Waals surface area contributed by atoms with Crippen LogP contribution in [-0.4, -0.2) is 19.2 Å². The van der Waals surface area contributed by atoms with Gasteiger partial charge >= 0.3 is 13.8 Å². The topological polar surface area (TPSA) is 76.7 Å². The van der Waals surface area contributed by atoms with E-state index in [4.69, 9.17) is 32.2 Å². The maximum atomic E-state index is 12.1. The second-order valence-electron chi connectivity index (χ2n) is 3.88. The van der Waals surface area contributed by atoms with Crippen molar-refractivity contribution in [2.24, 2.45) is 0 Å². The molecule has 0 fully saturated rings. The van der Waals surface area contributed by atoms with Gasteiger partial charge in [-0.05, 0) is 31.5 Å². The van der Waals surface area contributed by atoms with Gasteiger partial charge in [0.15, 0.2) is 0 Å². The van der Waals surface area contributed by atoms with Gasteiger partial charge in [-0.3, -0.25) is 9.05 Å². The van der Waals surface area contributed by atoms with Crippen LogP contribution in [-0.2, 0) is 20.2 Å². The number of halogens is 2. The van der Waals surface area contributed by atoms with Gasteiger partial charge in [-0.15, -0.1) is 0 Å². The zero-order valence-corrected chi connectivity index (χ0v) is 14.1. The third-order valence-corrected chi connectivity index (χ3v) is 4.69. The highest BCUT2D eigenvalue weighted by molar-refractivity contribution is 7.52. The number of carbonyl (C=O) groups is 1. The van der Waals surface area contributed by atoms with E-state index in [0.29, 0.717) is 10.0 Å². The number of nitrogens with one attached hydrogen (secondary N) is 2. The van der Waals surface area contributed by atoms with Crippen LogP contribution < -0.4 is 10.4 Å². The highest BCUT2D eigenvalue weighted by Crippen LogP contribution is 2.43. The van der Waals surface area contributed by atoms with Gasteiger partial charge in [-0.2, -0.15) is 0 Å². The molecular formula is C12H17Cl2N2O4P. The monoisotopic (exact) mass is 354 g/mol. The molecule has 21 heavy (non-hydrogen) atoms. The summed E-state index contributed by atoms with van der Waals surface area (Å²) in [6.07, 6.45) is 0. The van der Waals surface area contributed by atoms with Crippen molar-refractivity contribution in [3.63, 3.8) is 0 Å². The summed E-state index contributed by atoms with van der Waals surface area (Å²) in [5.41, 5.74) is 0.752. The molecule has 0 radical (unpaired) electrons. The molecule has 2 N–H and O–H groups in total. The lowest BCUT2D eigenvalue weighted by Gasteiger charge is -2.17. The van der Waals surface area contributed by atoms with Gasteiger partial charge in [0.1, 0.15) is 0 Å². The van der Waals surface area contributed by atoms with Crippen molar-refractivity contribution in [1.29, 1.82) is 0 Å². The molecule has 0 saturated carbocycles. The Kier molecular flexibility index (Phi) is 7.49. The first-order valence-electron chi connectivity index (χ1n) is 6.29. The number of carbonyl (C=O) groups excluding carboxylic acids is 1. The van der Waals surface area contributed by atoms with E-state index < -0.39 is 13.8 Å². The number of benzene rings is 1. The van der Waals surface area contributed by atoms with Gasteiger partial charge in [0.2, 0.25) is 0 Å². The molecule has 0 atom stereocenters. The summed E-state index contributed by atoms with van der Waals surface area (Å²) in [6.45, 7) is 3.82. The van der Waals surface area contributed by atoms with Gasteiger partial charge in [0.25, 0.3) is 0 Å². The van der Waals surface area contributed by atoms with E-state index in [1.54, 1.807) is 32.0 Å². The number of urea groups is 1. The third-order valence-electron chi connectivity index (χ3n) is 2.27. The van der Waals surface area contributed by atoms with Crippen LogP contribution in [0.5, 0.6) is 0 Å². The fourth-order valence-electron chi connectivity index (χ4n) is 1.44. The van der Waals surface area contributed by atoms with E-state index in [-0.39, 0.29) is 19.8 Å². The Bertz CT molecular complexity index is 532. The molecule has 0 saturated heterocycles. The van der Waals surface area contributed by atoms with Crippen LogP contribution >= 0.6 is 30.9 Å². The minimum atomic E-state index is -3.62. The average Bonchev–Trinajstić information content (AvgIpc) is 2.40. The highest BCUT2D eigenvalue weighted by Gasteiger charge is 2.26. The minimum absolute atomic E-state index is 0.157. The Morgan fingerprint density at radius 2 is 1.81 bits per heavy atom. The number of rotatable bonds is 7. The van der Waals surface area contributed by atoms with Crippen molar-refractivity contribution >= 4 is 37.0 Å². The summed E-state index contributed by atoms with van der Waals surface area (Å²) < 4.78 is 22.0. The van der Waals surface area contributed by atoms with Crippen molar-refractivity contribution in [1.82, 2.24) is 10.4 Å². The smallest absolute Gasteiger partial charge is 0.334 e. The Morgan fingerprint density at radius 3 is 2.33 bits per heavy atom. The number of amides is 2. The largest absolute Gasteiger partial charge is 0.436 e. The normalized spacial score (nSPS) is 11.2. The fraction of sp³-hybridized carbons (Fsp3) is 0.417. The van der Waals surface area contributed by atoms with Crippen LogP contribution in [0.4, 0.5) is 4.79 Å². The lowest BCUT2D eigenvalue weighted by Crippen LogP contribution is -2.34. The highest BCUT2D eigenvalue weighted by atomic mass is 35.5. The Hall–Kier alpha value is -0.780. The summed E-state index contributed by atoms with van der Waals surface area (Å²) in [5.74, 6) is 0. The summed E-state index contributed by atoms with van der Waals surface area (Å²) in [4.78, 5) is 11.7. The molecule has 0 aliphatic heterocycles. The summed E-state index contributed by atoms with van der Waals surface area (Å²) in [6, 6.07) is 4.32. The second kappa shape index (κ2) is 8.61. The molecule has 0 heterocycles. The molecule has 6 nitrogen and oxygen atoms in total. The molecule has 9 heteroatoms. The zero-order valence-electron chi connectivity index (χ0n) is 11.7. The summed E-state index contributed by atoms with van der Waals surface area (Å²) >= 11 is 11.7. The van der Waals surface area contributed by atoms with Gasteiger partial charge in [-0.25, -0.2) is 14.4 Å². The third kappa shape index (κ3) is 6.24. The van der Waals surface area contributed by atoms with Crippen molar-refractivity contribution in [3.05, 3.63) is 33.8 Å². The zero-order chi connectivity index (χ0) is 15.9. The standard InChI is InChI=1S/C12H17Cl2N2O4P/c1-3-19-21(18,20-4-2)16-12(17)15-8-9-5-6-10(13)11(14)7-9/h5-7H,3-4,8H2,1-2H3,(H2,15,16,17,18). The van der Waals surface area contributed by atoms with E-state index in [2.05, 4.69) is 10.4 Å². The molecular weight excluding hydrogens is 338 g/mol. The first-order chi connectivity index (χ1) is 9.90. The molecule has 1 aromatic carbocycles. The first kappa shape index (κ1) is 18.3. The van der Waals surface area contributed by atoms with Crippen LogP contribution in [0.3, 0.4) is 0 Å².